The highest BCUT2D eigenvalue weighted by Crippen LogP contribution is 2.12. The Labute approximate surface area is 164 Å². The van der Waals surface area contributed by atoms with Crippen molar-refractivity contribution in [3.8, 4) is 12.8 Å². The van der Waals surface area contributed by atoms with Gasteiger partial charge in [-0.1, -0.05) is 61.8 Å². The molecule has 2 aromatic heterocycles. The Kier molecular flexibility index (Phi) is 31.1. The van der Waals surface area contributed by atoms with Gasteiger partial charge in [-0.2, -0.15) is 0 Å². The SMILES string of the molecule is C#C.CC.CC.CCC.CCc1cc(C)c(C)o1.CCc1ccc(C)o1. The molecular weight excluding hydrogens is 320 g/mol. The molecule has 0 atom stereocenters. The molecule has 152 valence electrons. The highest BCUT2D eigenvalue weighted by Gasteiger charge is 1.98. The fraction of sp³-hybridized carbons (Fsp3) is 0.583. The summed E-state index contributed by atoms with van der Waals surface area (Å²) < 4.78 is 10.6. The molecule has 0 saturated heterocycles. The lowest BCUT2D eigenvalue weighted by Crippen LogP contribution is -1.68. The van der Waals surface area contributed by atoms with Gasteiger partial charge in [0.1, 0.15) is 23.0 Å². The monoisotopic (exact) mass is 364 g/mol. The molecule has 0 unspecified atom stereocenters. The van der Waals surface area contributed by atoms with Gasteiger partial charge in [0.2, 0.25) is 0 Å². The van der Waals surface area contributed by atoms with Crippen molar-refractivity contribution >= 4 is 0 Å². The second kappa shape index (κ2) is 25.4. The molecule has 0 bridgehead atoms. The minimum absolute atomic E-state index is 0.994. The van der Waals surface area contributed by atoms with Crippen molar-refractivity contribution in [1.82, 2.24) is 0 Å². The van der Waals surface area contributed by atoms with Crippen LogP contribution in [0.1, 0.15) is 90.4 Å². The van der Waals surface area contributed by atoms with Crippen molar-refractivity contribution in [3.05, 3.63) is 46.8 Å². The molecule has 0 saturated carbocycles. The van der Waals surface area contributed by atoms with E-state index in [4.69, 9.17) is 8.83 Å². The number of hydrogen-bond acceptors (Lipinski definition) is 2. The number of hydrogen-bond donors (Lipinski definition) is 0. The van der Waals surface area contributed by atoms with E-state index in [-0.39, 0.29) is 0 Å². The predicted molar refractivity (Wildman–Crippen MR) is 119 cm³/mol. The highest BCUT2D eigenvalue weighted by molar-refractivity contribution is 5.18. The van der Waals surface area contributed by atoms with Crippen molar-refractivity contribution in [3.63, 3.8) is 0 Å². The highest BCUT2D eigenvalue weighted by atomic mass is 16.3. The third-order valence-corrected chi connectivity index (χ3v) is 2.71. The summed E-state index contributed by atoms with van der Waals surface area (Å²) in [7, 11) is 0. The number of furan rings is 2. The fourth-order valence-corrected chi connectivity index (χ4v) is 1.50. The van der Waals surface area contributed by atoms with Gasteiger partial charge < -0.3 is 8.83 Å². The Morgan fingerprint density at radius 3 is 1.31 bits per heavy atom. The zero-order valence-electron chi connectivity index (χ0n) is 19.3. The van der Waals surface area contributed by atoms with Crippen molar-refractivity contribution < 1.29 is 8.83 Å². The predicted octanol–water partition coefficient (Wildman–Crippen LogP) is 8.33. The molecule has 26 heavy (non-hydrogen) atoms. The summed E-state index contributed by atoms with van der Waals surface area (Å²) in [4.78, 5) is 0. The third-order valence-electron chi connectivity index (χ3n) is 2.71. The van der Waals surface area contributed by atoms with E-state index in [0.717, 1.165) is 35.9 Å². The van der Waals surface area contributed by atoms with E-state index in [1.807, 2.05) is 53.7 Å². The molecule has 0 fully saturated rings. The minimum atomic E-state index is 0.994. The number of aryl methyl sites for hydroxylation is 5. The smallest absolute Gasteiger partial charge is 0.104 e. The molecular formula is C24H44O2. The van der Waals surface area contributed by atoms with Gasteiger partial charge >= 0.3 is 0 Å². The Balaban J connectivity index is -0.000000130. The Hall–Kier alpha value is -1.88. The zero-order chi connectivity index (χ0) is 21.5. The van der Waals surface area contributed by atoms with E-state index in [0.29, 0.717) is 0 Å². The van der Waals surface area contributed by atoms with Gasteiger partial charge in [-0.05, 0) is 44.5 Å². The van der Waals surface area contributed by atoms with Crippen LogP contribution in [0.2, 0.25) is 0 Å². The number of rotatable bonds is 2. The molecule has 2 aromatic rings. The van der Waals surface area contributed by atoms with Gasteiger partial charge in [0.25, 0.3) is 0 Å². The van der Waals surface area contributed by atoms with Crippen LogP contribution in [0.3, 0.4) is 0 Å². The summed E-state index contributed by atoms with van der Waals surface area (Å²) >= 11 is 0. The summed E-state index contributed by atoms with van der Waals surface area (Å²) in [6.45, 7) is 22.4. The van der Waals surface area contributed by atoms with Crippen molar-refractivity contribution in [1.29, 1.82) is 0 Å². The van der Waals surface area contributed by atoms with Crippen LogP contribution in [0, 0.1) is 33.6 Å². The van der Waals surface area contributed by atoms with Gasteiger partial charge in [-0.3, -0.25) is 0 Å². The normalized spacial score (nSPS) is 7.73. The van der Waals surface area contributed by atoms with Crippen molar-refractivity contribution in [2.24, 2.45) is 0 Å². The Morgan fingerprint density at radius 2 is 1.15 bits per heavy atom. The maximum Gasteiger partial charge on any atom is 0.104 e. The van der Waals surface area contributed by atoms with Crippen molar-refractivity contribution in [2.75, 3.05) is 0 Å². The van der Waals surface area contributed by atoms with Gasteiger partial charge in [-0.25, -0.2) is 0 Å². The molecule has 0 aliphatic rings. The van der Waals surface area contributed by atoms with Crippen LogP contribution in [0.25, 0.3) is 0 Å². The largest absolute Gasteiger partial charge is 0.466 e. The second-order valence-electron chi connectivity index (χ2n) is 4.88. The third kappa shape index (κ3) is 18.5. The Bertz CT molecular complexity index is 482. The maximum atomic E-state index is 5.36. The molecule has 0 spiro atoms. The van der Waals surface area contributed by atoms with E-state index in [9.17, 15) is 0 Å². The van der Waals surface area contributed by atoms with Crippen LogP contribution in [0.4, 0.5) is 0 Å². The van der Waals surface area contributed by atoms with Gasteiger partial charge in [0.15, 0.2) is 0 Å². The van der Waals surface area contributed by atoms with Crippen LogP contribution in [-0.2, 0) is 12.8 Å². The van der Waals surface area contributed by atoms with E-state index in [1.54, 1.807) is 0 Å². The van der Waals surface area contributed by atoms with Gasteiger partial charge in [0, 0.05) is 12.8 Å². The molecule has 0 aromatic carbocycles. The first kappa shape index (κ1) is 31.8. The van der Waals surface area contributed by atoms with Gasteiger partial charge in [0.05, 0.1) is 0 Å². The topological polar surface area (TPSA) is 26.3 Å². The molecule has 0 radical (unpaired) electrons. The lowest BCUT2D eigenvalue weighted by Gasteiger charge is -1.83. The second-order valence-corrected chi connectivity index (χ2v) is 4.88. The summed E-state index contributed by atoms with van der Waals surface area (Å²) in [6.07, 6.45) is 11.2. The first-order valence-electron chi connectivity index (χ1n) is 9.92. The van der Waals surface area contributed by atoms with Crippen LogP contribution < -0.4 is 0 Å². The maximum absolute atomic E-state index is 5.36. The average Bonchev–Trinajstić information content (AvgIpc) is 3.26. The molecule has 0 amide bonds. The zero-order valence-corrected chi connectivity index (χ0v) is 19.3. The summed E-state index contributed by atoms with van der Waals surface area (Å²) in [5.74, 6) is 4.21. The molecule has 2 rings (SSSR count). The first-order valence-corrected chi connectivity index (χ1v) is 9.92. The fourth-order valence-electron chi connectivity index (χ4n) is 1.50. The standard InChI is InChI=1S/C8H12O.C7H10O.C3H8.2C2H6.C2H2/c1-4-8-5-6(2)7(3)9-8;1-3-7-5-4-6(2)8-7;1-3-2;3*1-2/h5H,4H2,1-3H3;4-5H,3H2,1-2H3;3H2,1-2H3;2*1-2H3;1-2H. The quantitative estimate of drug-likeness (QED) is 0.501. The summed E-state index contributed by atoms with van der Waals surface area (Å²) in [5, 5.41) is 0. The van der Waals surface area contributed by atoms with E-state index >= 15 is 0 Å². The van der Waals surface area contributed by atoms with E-state index in [1.165, 1.54) is 12.0 Å². The Morgan fingerprint density at radius 1 is 0.731 bits per heavy atom. The van der Waals surface area contributed by atoms with Crippen LogP contribution >= 0.6 is 0 Å². The van der Waals surface area contributed by atoms with Gasteiger partial charge in [-0.15, -0.1) is 12.8 Å². The number of terminal acetylenes is 1. The van der Waals surface area contributed by atoms with Crippen molar-refractivity contribution in [2.45, 2.75) is 95.4 Å². The lowest BCUT2D eigenvalue weighted by atomic mass is 10.2. The molecule has 0 aliphatic heterocycles. The minimum Gasteiger partial charge on any atom is -0.466 e. The molecule has 2 nitrogen and oxygen atoms in total. The molecule has 0 N–H and O–H groups in total. The van der Waals surface area contributed by atoms with E-state index < -0.39 is 0 Å². The molecule has 0 aliphatic carbocycles. The first-order chi connectivity index (χ1) is 12.5. The lowest BCUT2D eigenvalue weighted by molar-refractivity contribution is 0.487. The summed E-state index contributed by atoms with van der Waals surface area (Å²) in [6, 6.07) is 6.09. The van der Waals surface area contributed by atoms with E-state index in [2.05, 4.69) is 53.5 Å². The van der Waals surface area contributed by atoms with Crippen LogP contribution in [0.15, 0.2) is 27.0 Å². The molecule has 2 heterocycles. The van der Waals surface area contributed by atoms with Crippen LogP contribution in [0.5, 0.6) is 0 Å². The molecule has 2 heteroatoms. The average molecular weight is 365 g/mol. The summed E-state index contributed by atoms with van der Waals surface area (Å²) in [5.41, 5.74) is 1.26. The van der Waals surface area contributed by atoms with Crippen LogP contribution in [-0.4, -0.2) is 0 Å².